The van der Waals surface area contributed by atoms with Gasteiger partial charge in [0, 0.05) is 35.4 Å². The van der Waals surface area contributed by atoms with Gasteiger partial charge in [-0.25, -0.2) is 4.98 Å². The lowest BCUT2D eigenvalue weighted by molar-refractivity contribution is 0.415. The van der Waals surface area contributed by atoms with E-state index < -0.39 is 0 Å². The topological polar surface area (TPSA) is 49.9 Å². The number of methoxy groups -OCH3 is 1. The average molecular weight is 327 g/mol. The molecule has 0 aliphatic carbocycles. The number of ether oxygens (including phenoxy) is 1. The van der Waals surface area contributed by atoms with Gasteiger partial charge in [0.05, 0.1) is 12.8 Å². The first-order valence-electron chi connectivity index (χ1n) is 7.64. The second-order valence-corrected chi connectivity index (χ2v) is 6.55. The average Bonchev–Trinajstić information content (AvgIpc) is 3.22. The quantitative estimate of drug-likeness (QED) is 0.709. The molecule has 0 saturated carbocycles. The molecule has 2 heterocycles. The molecular weight excluding hydrogens is 306 g/mol. The zero-order chi connectivity index (χ0) is 16.2. The molecule has 5 heteroatoms. The Balaban J connectivity index is 1.74. The van der Waals surface area contributed by atoms with Gasteiger partial charge in [0.25, 0.3) is 0 Å². The molecule has 0 amide bonds. The van der Waals surface area contributed by atoms with Gasteiger partial charge in [0.2, 0.25) is 0 Å². The molecule has 2 aromatic heterocycles. The van der Waals surface area contributed by atoms with Gasteiger partial charge in [-0.05, 0) is 49.7 Å². The van der Waals surface area contributed by atoms with Crippen LogP contribution < -0.4 is 10.1 Å². The summed E-state index contributed by atoms with van der Waals surface area (Å²) in [5, 5.41) is 4.61. The summed E-state index contributed by atoms with van der Waals surface area (Å²) in [5.41, 5.74) is 3.48. The first kappa shape index (κ1) is 15.8. The van der Waals surface area contributed by atoms with Gasteiger partial charge < -0.3 is 15.0 Å². The van der Waals surface area contributed by atoms with Crippen molar-refractivity contribution < 1.29 is 4.74 Å². The Labute approximate surface area is 140 Å². The highest BCUT2D eigenvalue weighted by molar-refractivity contribution is 7.15. The van der Waals surface area contributed by atoms with Crippen LogP contribution in [0.5, 0.6) is 5.75 Å². The predicted octanol–water partition coefficient (Wildman–Crippen LogP) is 4.31. The van der Waals surface area contributed by atoms with Crippen molar-refractivity contribution in [1.82, 2.24) is 15.3 Å². The van der Waals surface area contributed by atoms with Gasteiger partial charge in [-0.2, -0.15) is 0 Å². The summed E-state index contributed by atoms with van der Waals surface area (Å²) in [6.07, 6.45) is 3.96. The Morgan fingerprint density at radius 2 is 2.04 bits per heavy atom. The number of rotatable bonds is 6. The largest absolute Gasteiger partial charge is 0.497 e. The number of H-pyrrole nitrogens is 1. The van der Waals surface area contributed by atoms with Crippen LogP contribution in [-0.4, -0.2) is 17.1 Å². The molecule has 0 bridgehead atoms. The fourth-order valence-corrected chi connectivity index (χ4v) is 3.60. The minimum Gasteiger partial charge on any atom is -0.497 e. The highest BCUT2D eigenvalue weighted by Gasteiger charge is 2.15. The molecule has 0 spiro atoms. The Hall–Kier alpha value is -2.11. The highest BCUT2D eigenvalue weighted by atomic mass is 32.1. The number of hydrogen-bond acceptors (Lipinski definition) is 4. The molecule has 0 aliphatic rings. The first-order valence-corrected chi connectivity index (χ1v) is 8.46. The van der Waals surface area contributed by atoms with Crippen LogP contribution in [0.15, 0.2) is 42.7 Å². The van der Waals surface area contributed by atoms with Crippen LogP contribution in [0.3, 0.4) is 0 Å². The minimum atomic E-state index is 0.273. The molecule has 0 aliphatic heterocycles. The van der Waals surface area contributed by atoms with Gasteiger partial charge in [-0.3, -0.25) is 0 Å². The van der Waals surface area contributed by atoms with Crippen LogP contribution in [0.25, 0.3) is 10.6 Å². The van der Waals surface area contributed by atoms with Crippen molar-refractivity contribution in [2.45, 2.75) is 26.4 Å². The standard InChI is InChI=1S/C18H21N3OS/c1-12(20-11-14-8-9-19-10-14)17-13(2)21-18(23-17)15-4-6-16(22-3)7-5-15/h4-10,12,19-20H,11H2,1-3H3. The van der Waals surface area contributed by atoms with E-state index in [1.54, 1.807) is 18.4 Å². The van der Waals surface area contributed by atoms with Crippen molar-refractivity contribution in [3.8, 4) is 16.3 Å². The highest BCUT2D eigenvalue weighted by Crippen LogP contribution is 2.32. The maximum absolute atomic E-state index is 5.21. The maximum atomic E-state index is 5.21. The molecule has 3 rings (SSSR count). The molecule has 0 radical (unpaired) electrons. The summed E-state index contributed by atoms with van der Waals surface area (Å²) in [6.45, 7) is 5.11. The third-order valence-corrected chi connectivity index (χ3v) is 5.23. The van der Waals surface area contributed by atoms with Crippen LogP contribution in [0, 0.1) is 6.92 Å². The Morgan fingerprint density at radius 1 is 1.26 bits per heavy atom. The maximum Gasteiger partial charge on any atom is 0.123 e. The molecule has 120 valence electrons. The molecule has 23 heavy (non-hydrogen) atoms. The molecule has 1 atom stereocenters. The molecular formula is C18H21N3OS. The number of nitrogens with one attached hydrogen (secondary N) is 2. The summed E-state index contributed by atoms with van der Waals surface area (Å²) in [4.78, 5) is 9.10. The van der Waals surface area contributed by atoms with E-state index >= 15 is 0 Å². The van der Waals surface area contributed by atoms with Crippen molar-refractivity contribution in [2.75, 3.05) is 7.11 Å². The predicted molar refractivity (Wildman–Crippen MR) is 94.9 cm³/mol. The van der Waals surface area contributed by atoms with E-state index in [4.69, 9.17) is 9.72 Å². The molecule has 3 aromatic rings. The molecule has 0 fully saturated rings. The van der Waals surface area contributed by atoms with Gasteiger partial charge in [-0.1, -0.05) is 0 Å². The van der Waals surface area contributed by atoms with Crippen molar-refractivity contribution >= 4 is 11.3 Å². The fourth-order valence-electron chi connectivity index (χ4n) is 2.50. The second kappa shape index (κ2) is 6.98. The van der Waals surface area contributed by atoms with E-state index in [0.29, 0.717) is 0 Å². The lowest BCUT2D eigenvalue weighted by Crippen LogP contribution is -2.17. The van der Waals surface area contributed by atoms with Crippen LogP contribution >= 0.6 is 11.3 Å². The minimum absolute atomic E-state index is 0.273. The molecule has 2 N–H and O–H groups in total. The number of thiazole rings is 1. The number of benzene rings is 1. The van der Waals surface area contributed by atoms with E-state index in [1.165, 1.54) is 10.4 Å². The van der Waals surface area contributed by atoms with E-state index in [-0.39, 0.29) is 6.04 Å². The number of nitrogens with zero attached hydrogens (tertiary/aromatic N) is 1. The monoisotopic (exact) mass is 327 g/mol. The normalized spacial score (nSPS) is 12.3. The van der Waals surface area contributed by atoms with Gasteiger partial charge in [0.15, 0.2) is 0 Å². The molecule has 1 aromatic carbocycles. The Bertz CT molecular complexity index is 747. The van der Waals surface area contributed by atoms with Crippen LogP contribution in [0.4, 0.5) is 0 Å². The summed E-state index contributed by atoms with van der Waals surface area (Å²) < 4.78 is 5.21. The number of aromatic nitrogens is 2. The number of hydrogen-bond donors (Lipinski definition) is 2. The Morgan fingerprint density at radius 3 is 2.70 bits per heavy atom. The second-order valence-electron chi connectivity index (χ2n) is 5.52. The SMILES string of the molecule is COc1ccc(-c2nc(C)c(C(C)NCc3cc[nH]c3)s2)cc1. The zero-order valence-electron chi connectivity index (χ0n) is 13.6. The first-order chi connectivity index (χ1) is 11.2. The van der Waals surface area contributed by atoms with Crippen LogP contribution in [0.2, 0.25) is 0 Å². The summed E-state index contributed by atoms with van der Waals surface area (Å²) in [7, 11) is 1.68. The summed E-state index contributed by atoms with van der Waals surface area (Å²) in [6, 6.07) is 10.4. The molecule has 1 unspecified atom stereocenters. The summed E-state index contributed by atoms with van der Waals surface area (Å²) >= 11 is 1.75. The van der Waals surface area contributed by atoms with Gasteiger partial charge >= 0.3 is 0 Å². The lowest BCUT2D eigenvalue weighted by Gasteiger charge is -2.11. The smallest absolute Gasteiger partial charge is 0.123 e. The van der Waals surface area contributed by atoms with Crippen LogP contribution in [0.1, 0.15) is 29.1 Å². The van der Waals surface area contributed by atoms with Crippen molar-refractivity contribution in [3.05, 3.63) is 58.9 Å². The third kappa shape index (κ3) is 3.63. The van der Waals surface area contributed by atoms with Gasteiger partial charge in [0.1, 0.15) is 10.8 Å². The molecule has 0 saturated heterocycles. The number of aryl methyl sites for hydroxylation is 1. The van der Waals surface area contributed by atoms with Crippen LogP contribution in [-0.2, 0) is 6.54 Å². The summed E-state index contributed by atoms with van der Waals surface area (Å²) in [5.74, 6) is 0.865. The van der Waals surface area contributed by atoms with E-state index in [1.807, 2.05) is 24.5 Å². The van der Waals surface area contributed by atoms with Crippen molar-refractivity contribution in [2.24, 2.45) is 0 Å². The van der Waals surface area contributed by atoms with E-state index in [2.05, 4.69) is 42.3 Å². The van der Waals surface area contributed by atoms with Gasteiger partial charge in [-0.15, -0.1) is 11.3 Å². The fraction of sp³-hybridized carbons (Fsp3) is 0.278. The third-order valence-electron chi connectivity index (χ3n) is 3.84. The molecule has 4 nitrogen and oxygen atoms in total. The Kier molecular flexibility index (Phi) is 4.79. The zero-order valence-corrected chi connectivity index (χ0v) is 14.4. The van der Waals surface area contributed by atoms with E-state index in [0.717, 1.165) is 28.6 Å². The number of aromatic amines is 1. The van der Waals surface area contributed by atoms with Crippen molar-refractivity contribution in [1.29, 1.82) is 0 Å². The lowest BCUT2D eigenvalue weighted by atomic mass is 10.2. The van der Waals surface area contributed by atoms with Crippen molar-refractivity contribution in [3.63, 3.8) is 0 Å². The van der Waals surface area contributed by atoms with E-state index in [9.17, 15) is 0 Å².